The van der Waals surface area contributed by atoms with Crippen molar-refractivity contribution in [2.45, 2.75) is 65.0 Å². The predicted molar refractivity (Wildman–Crippen MR) is 141 cm³/mol. The zero-order valence-electron chi connectivity index (χ0n) is 21.2. The monoisotopic (exact) mass is 491 g/mol. The molecular formula is C27H37N7O2. The number of aryl methyl sites for hydroxylation is 1. The number of aliphatic hydroxyl groups is 1. The number of amides is 1. The minimum atomic E-state index is -0.216. The number of benzene rings is 1. The number of carbonyl (C=O) groups is 1. The number of unbranched alkanes of at least 4 members (excludes halogenated alkanes) is 1. The highest BCUT2D eigenvalue weighted by molar-refractivity contribution is 5.98. The summed E-state index contributed by atoms with van der Waals surface area (Å²) in [4.78, 5) is 26.4. The van der Waals surface area contributed by atoms with Crippen LogP contribution in [0.5, 0.6) is 0 Å². The van der Waals surface area contributed by atoms with Crippen LogP contribution in [0.25, 0.3) is 5.69 Å². The van der Waals surface area contributed by atoms with E-state index in [1.165, 1.54) is 0 Å². The van der Waals surface area contributed by atoms with E-state index in [0.29, 0.717) is 36.3 Å². The molecule has 0 aliphatic heterocycles. The lowest BCUT2D eigenvalue weighted by molar-refractivity contribution is 0.0951. The summed E-state index contributed by atoms with van der Waals surface area (Å²) in [5.74, 6) is 2.22. The summed E-state index contributed by atoms with van der Waals surface area (Å²) >= 11 is 0. The van der Waals surface area contributed by atoms with Gasteiger partial charge in [0.1, 0.15) is 17.2 Å². The van der Waals surface area contributed by atoms with E-state index < -0.39 is 0 Å². The van der Waals surface area contributed by atoms with Gasteiger partial charge in [-0.3, -0.25) is 4.79 Å². The zero-order chi connectivity index (χ0) is 25.3. The molecule has 1 saturated carbocycles. The third kappa shape index (κ3) is 6.81. The van der Waals surface area contributed by atoms with Crippen molar-refractivity contribution >= 4 is 17.7 Å². The molecule has 0 atom stereocenters. The maximum atomic E-state index is 13.1. The van der Waals surface area contributed by atoms with Gasteiger partial charge in [-0.25, -0.2) is 9.97 Å². The Bertz CT molecular complexity index is 1120. The van der Waals surface area contributed by atoms with Gasteiger partial charge in [-0.1, -0.05) is 25.5 Å². The second-order valence-electron chi connectivity index (χ2n) is 9.49. The maximum absolute atomic E-state index is 13.1. The maximum Gasteiger partial charge on any atom is 0.256 e. The Labute approximate surface area is 212 Å². The SMILES string of the molecule is CCCCNc1ncc(C(=O)NCc2ccc(-n3ccnc3C)cc2)c(NCC2CCC(O)CC2)n1. The highest BCUT2D eigenvalue weighted by Crippen LogP contribution is 2.25. The second kappa shape index (κ2) is 12.5. The number of carbonyl (C=O) groups excluding carboxylic acids is 1. The number of aliphatic hydroxyl groups excluding tert-OH is 1. The van der Waals surface area contributed by atoms with E-state index in [4.69, 9.17) is 0 Å². The Morgan fingerprint density at radius 1 is 1.11 bits per heavy atom. The molecule has 2 heterocycles. The van der Waals surface area contributed by atoms with Gasteiger partial charge in [0.2, 0.25) is 5.95 Å². The third-order valence-corrected chi connectivity index (χ3v) is 6.71. The van der Waals surface area contributed by atoms with Crippen LogP contribution in [-0.4, -0.2) is 49.7 Å². The van der Waals surface area contributed by atoms with E-state index in [2.05, 4.69) is 37.8 Å². The normalized spacial score (nSPS) is 17.5. The standard InChI is InChI=1S/C27H37N7O2/c1-3-4-13-29-27-32-18-24(25(33-27)30-16-21-7-11-23(35)12-8-21)26(36)31-17-20-5-9-22(10-6-20)34-15-14-28-19(34)2/h5-6,9-10,14-15,18,21,23,35H,3-4,7-8,11-13,16-17H2,1-2H3,(H,31,36)(H2,29,30,32,33). The van der Waals surface area contributed by atoms with Crippen molar-refractivity contribution in [3.8, 4) is 5.69 Å². The number of rotatable bonds is 11. The third-order valence-electron chi connectivity index (χ3n) is 6.71. The van der Waals surface area contributed by atoms with Gasteiger partial charge in [0.15, 0.2) is 0 Å². The number of nitrogens with one attached hydrogen (secondary N) is 3. The van der Waals surface area contributed by atoms with Crippen LogP contribution < -0.4 is 16.0 Å². The summed E-state index contributed by atoms with van der Waals surface area (Å²) in [6.45, 7) is 6.00. The molecule has 0 radical (unpaired) electrons. The van der Waals surface area contributed by atoms with Gasteiger partial charge >= 0.3 is 0 Å². The smallest absolute Gasteiger partial charge is 0.256 e. The fourth-order valence-corrected chi connectivity index (χ4v) is 4.44. The van der Waals surface area contributed by atoms with Gasteiger partial charge in [0.05, 0.1) is 6.10 Å². The summed E-state index contributed by atoms with van der Waals surface area (Å²) in [6.07, 6.45) is 10.8. The molecule has 0 bridgehead atoms. The fourth-order valence-electron chi connectivity index (χ4n) is 4.44. The lowest BCUT2D eigenvalue weighted by atomic mass is 9.87. The molecule has 9 nitrogen and oxygen atoms in total. The van der Waals surface area contributed by atoms with E-state index in [-0.39, 0.29) is 12.0 Å². The van der Waals surface area contributed by atoms with Crippen LogP contribution in [0.1, 0.15) is 67.2 Å². The minimum Gasteiger partial charge on any atom is -0.393 e. The summed E-state index contributed by atoms with van der Waals surface area (Å²) in [5, 5.41) is 19.4. The van der Waals surface area contributed by atoms with Gasteiger partial charge in [0, 0.05) is 43.9 Å². The molecule has 1 fully saturated rings. The quantitative estimate of drug-likeness (QED) is 0.299. The molecule has 4 rings (SSSR count). The Hall–Kier alpha value is -3.46. The first kappa shape index (κ1) is 25.6. The van der Waals surface area contributed by atoms with Crippen molar-refractivity contribution in [3.63, 3.8) is 0 Å². The average molecular weight is 492 g/mol. The lowest BCUT2D eigenvalue weighted by Crippen LogP contribution is -2.27. The molecule has 0 unspecified atom stereocenters. The molecule has 1 amide bonds. The number of anilines is 2. The Morgan fingerprint density at radius 2 is 1.89 bits per heavy atom. The minimum absolute atomic E-state index is 0.186. The number of hydrogen-bond acceptors (Lipinski definition) is 7. The van der Waals surface area contributed by atoms with E-state index in [0.717, 1.165) is 62.1 Å². The molecule has 192 valence electrons. The lowest BCUT2D eigenvalue weighted by Gasteiger charge is -2.26. The van der Waals surface area contributed by atoms with Crippen LogP contribution in [0.3, 0.4) is 0 Å². The van der Waals surface area contributed by atoms with Crippen molar-refractivity contribution in [2.75, 3.05) is 23.7 Å². The topological polar surface area (TPSA) is 117 Å². The first-order chi connectivity index (χ1) is 17.5. The summed E-state index contributed by atoms with van der Waals surface area (Å²) in [6, 6.07) is 8.04. The van der Waals surface area contributed by atoms with Crippen molar-refractivity contribution in [3.05, 3.63) is 59.8 Å². The highest BCUT2D eigenvalue weighted by atomic mass is 16.3. The predicted octanol–water partition coefficient (Wildman–Crippen LogP) is 4.08. The zero-order valence-corrected chi connectivity index (χ0v) is 21.2. The van der Waals surface area contributed by atoms with Gasteiger partial charge in [0.25, 0.3) is 5.91 Å². The molecule has 2 aromatic heterocycles. The van der Waals surface area contributed by atoms with E-state index in [1.54, 1.807) is 12.4 Å². The number of imidazole rings is 1. The highest BCUT2D eigenvalue weighted by Gasteiger charge is 2.21. The van der Waals surface area contributed by atoms with Gasteiger partial charge in [-0.05, 0) is 62.6 Å². The van der Waals surface area contributed by atoms with Crippen LogP contribution >= 0.6 is 0 Å². The Morgan fingerprint density at radius 3 is 2.58 bits per heavy atom. The van der Waals surface area contributed by atoms with Crippen molar-refractivity contribution in [1.29, 1.82) is 0 Å². The van der Waals surface area contributed by atoms with Gasteiger partial charge < -0.3 is 25.6 Å². The van der Waals surface area contributed by atoms with Crippen LogP contribution in [0.15, 0.2) is 42.9 Å². The number of aromatic nitrogens is 4. The van der Waals surface area contributed by atoms with Crippen LogP contribution in [0, 0.1) is 12.8 Å². The molecule has 1 aliphatic rings. The second-order valence-corrected chi connectivity index (χ2v) is 9.49. The first-order valence-corrected chi connectivity index (χ1v) is 12.9. The van der Waals surface area contributed by atoms with Gasteiger partial charge in [-0.15, -0.1) is 0 Å². The molecule has 1 aliphatic carbocycles. The molecule has 1 aromatic carbocycles. The van der Waals surface area contributed by atoms with Crippen molar-refractivity contribution in [2.24, 2.45) is 5.92 Å². The molecule has 36 heavy (non-hydrogen) atoms. The largest absolute Gasteiger partial charge is 0.393 e. The molecular weight excluding hydrogens is 454 g/mol. The Balaban J connectivity index is 1.40. The molecule has 0 spiro atoms. The number of hydrogen-bond donors (Lipinski definition) is 4. The first-order valence-electron chi connectivity index (χ1n) is 12.9. The average Bonchev–Trinajstić information content (AvgIpc) is 3.33. The van der Waals surface area contributed by atoms with Crippen molar-refractivity contribution in [1.82, 2.24) is 24.8 Å². The van der Waals surface area contributed by atoms with Crippen LogP contribution in [0.2, 0.25) is 0 Å². The summed E-state index contributed by atoms with van der Waals surface area (Å²) < 4.78 is 2.01. The van der Waals surface area contributed by atoms with E-state index in [9.17, 15) is 9.90 Å². The van der Waals surface area contributed by atoms with Crippen molar-refractivity contribution < 1.29 is 9.90 Å². The fraction of sp³-hybridized carbons (Fsp3) is 0.481. The summed E-state index contributed by atoms with van der Waals surface area (Å²) in [5.41, 5.74) is 2.46. The molecule has 0 saturated heterocycles. The molecule has 9 heteroatoms. The van der Waals surface area contributed by atoms with Gasteiger partial charge in [-0.2, -0.15) is 4.98 Å². The molecule has 3 aromatic rings. The van der Waals surface area contributed by atoms with E-state index >= 15 is 0 Å². The molecule has 4 N–H and O–H groups in total. The summed E-state index contributed by atoms with van der Waals surface area (Å²) in [7, 11) is 0. The van der Waals surface area contributed by atoms with E-state index in [1.807, 2.05) is 42.0 Å². The Kier molecular flexibility index (Phi) is 8.89. The van der Waals surface area contributed by atoms with Crippen LogP contribution in [0.4, 0.5) is 11.8 Å². The van der Waals surface area contributed by atoms with Crippen LogP contribution in [-0.2, 0) is 6.54 Å². The number of nitrogens with zero attached hydrogens (tertiary/aromatic N) is 4.